The molecule has 0 spiro atoms. The molecule has 2 rings (SSSR count). The fraction of sp³-hybridized carbons (Fsp3) is 0.647. The van der Waals surface area contributed by atoms with Crippen LogP contribution < -0.4 is 10.2 Å². The zero-order chi connectivity index (χ0) is 15.4. The van der Waals surface area contributed by atoms with E-state index in [-0.39, 0.29) is 0 Å². The Labute approximate surface area is 128 Å². The minimum atomic E-state index is 0.348. The van der Waals surface area contributed by atoms with Crippen LogP contribution in [0.2, 0.25) is 0 Å². The first kappa shape index (κ1) is 15.8. The maximum Gasteiger partial charge on any atom is 0.147 e. The summed E-state index contributed by atoms with van der Waals surface area (Å²) in [4.78, 5) is 6.99. The largest absolute Gasteiger partial charge is 0.353 e. The van der Waals surface area contributed by atoms with Crippen molar-refractivity contribution < 1.29 is 0 Å². The Bertz CT molecular complexity index is 524. The zero-order valence-corrected chi connectivity index (χ0v) is 13.6. The predicted octanol–water partition coefficient (Wildman–Crippen LogP) is 2.78. The Morgan fingerprint density at radius 3 is 2.62 bits per heavy atom. The van der Waals surface area contributed by atoms with Gasteiger partial charge in [0.1, 0.15) is 11.9 Å². The van der Waals surface area contributed by atoms with Crippen LogP contribution in [-0.2, 0) is 0 Å². The van der Waals surface area contributed by atoms with Gasteiger partial charge in [0.15, 0.2) is 0 Å². The van der Waals surface area contributed by atoms with Gasteiger partial charge in [0.05, 0.1) is 5.56 Å². The normalized spacial score (nSPS) is 16.0. The molecule has 0 radical (unpaired) electrons. The second kappa shape index (κ2) is 6.91. The Balaban J connectivity index is 2.31. The van der Waals surface area contributed by atoms with E-state index in [1.807, 2.05) is 19.9 Å². The Morgan fingerprint density at radius 2 is 2.05 bits per heavy atom. The van der Waals surface area contributed by atoms with Crippen LogP contribution in [0.25, 0.3) is 0 Å². The lowest BCUT2D eigenvalue weighted by Gasteiger charge is -2.34. The van der Waals surface area contributed by atoms with Gasteiger partial charge in [-0.05, 0) is 71.2 Å². The van der Waals surface area contributed by atoms with Crippen LogP contribution in [0.4, 0.5) is 5.82 Å². The van der Waals surface area contributed by atoms with E-state index in [1.165, 1.54) is 12.8 Å². The van der Waals surface area contributed by atoms with Crippen LogP contribution in [-0.4, -0.2) is 30.7 Å². The molecule has 0 unspecified atom stereocenters. The van der Waals surface area contributed by atoms with Gasteiger partial charge in [0, 0.05) is 18.3 Å². The summed E-state index contributed by atoms with van der Waals surface area (Å²) >= 11 is 0. The first-order chi connectivity index (χ1) is 10.0. The number of hydrogen-bond acceptors (Lipinski definition) is 4. The summed E-state index contributed by atoms with van der Waals surface area (Å²) in [7, 11) is 0. The quantitative estimate of drug-likeness (QED) is 0.924. The van der Waals surface area contributed by atoms with Crippen LogP contribution >= 0.6 is 0 Å². The van der Waals surface area contributed by atoms with Gasteiger partial charge in [-0.15, -0.1) is 0 Å². The molecule has 0 amide bonds. The minimum Gasteiger partial charge on any atom is -0.353 e. The van der Waals surface area contributed by atoms with Crippen LogP contribution in [0.5, 0.6) is 0 Å². The van der Waals surface area contributed by atoms with Crippen molar-refractivity contribution in [3.8, 4) is 6.07 Å². The molecule has 0 atom stereocenters. The van der Waals surface area contributed by atoms with Crippen molar-refractivity contribution >= 4 is 5.82 Å². The molecule has 21 heavy (non-hydrogen) atoms. The highest BCUT2D eigenvalue weighted by atomic mass is 15.2. The zero-order valence-electron chi connectivity index (χ0n) is 13.6. The molecule has 1 N–H and O–H groups in total. The molecule has 1 aliphatic rings. The molecular weight excluding hydrogens is 260 g/mol. The molecule has 0 saturated carbocycles. The topological polar surface area (TPSA) is 52.0 Å². The number of rotatable bonds is 4. The summed E-state index contributed by atoms with van der Waals surface area (Å²) in [6.07, 6.45) is 2.41. The van der Waals surface area contributed by atoms with Crippen LogP contribution in [0.15, 0.2) is 6.07 Å². The molecule has 1 aromatic rings. The average Bonchev–Trinajstić information content (AvgIpc) is 2.45. The number of nitriles is 1. The summed E-state index contributed by atoms with van der Waals surface area (Å²) < 4.78 is 0. The third kappa shape index (κ3) is 3.74. The van der Waals surface area contributed by atoms with E-state index in [9.17, 15) is 5.26 Å². The molecule has 1 fully saturated rings. The van der Waals surface area contributed by atoms with E-state index in [0.29, 0.717) is 12.0 Å². The van der Waals surface area contributed by atoms with Crippen molar-refractivity contribution in [2.24, 2.45) is 5.92 Å². The smallest absolute Gasteiger partial charge is 0.147 e. The Kier molecular flexibility index (Phi) is 5.19. The van der Waals surface area contributed by atoms with Crippen LogP contribution in [0, 0.1) is 31.1 Å². The van der Waals surface area contributed by atoms with Gasteiger partial charge in [-0.3, -0.25) is 0 Å². The highest BCUT2D eigenvalue weighted by Gasteiger charge is 2.23. The summed E-state index contributed by atoms with van der Waals surface area (Å²) in [5.41, 5.74) is 2.73. The summed E-state index contributed by atoms with van der Waals surface area (Å²) in [6, 6.07) is 4.69. The molecule has 0 aliphatic carbocycles. The number of aromatic nitrogens is 1. The molecule has 114 valence electrons. The SMILES string of the molecule is Cc1cc(C)c(C#N)c(N(CC2CCNCC2)C(C)C)n1. The van der Waals surface area contributed by atoms with Crippen molar-refractivity contribution in [1.29, 1.82) is 5.26 Å². The molecule has 0 bridgehead atoms. The molecule has 4 nitrogen and oxygen atoms in total. The molecule has 1 saturated heterocycles. The van der Waals surface area contributed by atoms with Gasteiger partial charge in [-0.2, -0.15) is 5.26 Å². The maximum absolute atomic E-state index is 9.50. The number of pyridine rings is 1. The highest BCUT2D eigenvalue weighted by molar-refractivity contribution is 5.58. The number of hydrogen-bond donors (Lipinski definition) is 1. The second-order valence-electron chi connectivity index (χ2n) is 6.33. The summed E-state index contributed by atoms with van der Waals surface area (Å²) in [5.74, 6) is 1.55. The summed E-state index contributed by atoms with van der Waals surface area (Å²) in [6.45, 7) is 11.6. The fourth-order valence-electron chi connectivity index (χ4n) is 3.05. The Morgan fingerprint density at radius 1 is 1.38 bits per heavy atom. The van der Waals surface area contributed by atoms with Gasteiger partial charge in [0.25, 0.3) is 0 Å². The molecular formula is C17H26N4. The van der Waals surface area contributed by atoms with Crippen molar-refractivity contribution in [3.63, 3.8) is 0 Å². The number of nitrogens with zero attached hydrogens (tertiary/aromatic N) is 3. The first-order valence-corrected chi connectivity index (χ1v) is 7.88. The number of nitrogens with one attached hydrogen (secondary N) is 1. The molecule has 1 aliphatic heterocycles. The fourth-order valence-corrected chi connectivity index (χ4v) is 3.05. The number of aryl methyl sites for hydroxylation is 2. The third-order valence-electron chi connectivity index (χ3n) is 4.25. The van der Waals surface area contributed by atoms with E-state index in [2.05, 4.69) is 35.1 Å². The lowest BCUT2D eigenvalue weighted by atomic mass is 9.96. The first-order valence-electron chi connectivity index (χ1n) is 7.88. The monoisotopic (exact) mass is 286 g/mol. The van der Waals surface area contributed by atoms with Crippen LogP contribution in [0.1, 0.15) is 43.5 Å². The van der Waals surface area contributed by atoms with Crippen molar-refractivity contribution in [2.45, 2.75) is 46.6 Å². The maximum atomic E-state index is 9.50. The standard InChI is InChI=1S/C17H26N4/c1-12(2)21(11-15-5-7-19-8-6-15)17-16(10-18)13(3)9-14(4)20-17/h9,12,15,19H,5-8,11H2,1-4H3. The molecule has 0 aromatic carbocycles. The van der Waals surface area contributed by atoms with E-state index in [4.69, 9.17) is 0 Å². The van der Waals surface area contributed by atoms with E-state index >= 15 is 0 Å². The third-order valence-corrected chi connectivity index (χ3v) is 4.25. The average molecular weight is 286 g/mol. The second-order valence-corrected chi connectivity index (χ2v) is 6.33. The lowest BCUT2D eigenvalue weighted by Crippen LogP contribution is -2.40. The van der Waals surface area contributed by atoms with Gasteiger partial charge in [-0.25, -0.2) is 4.98 Å². The van der Waals surface area contributed by atoms with Gasteiger partial charge >= 0.3 is 0 Å². The van der Waals surface area contributed by atoms with Gasteiger partial charge in [-0.1, -0.05) is 0 Å². The van der Waals surface area contributed by atoms with E-state index in [1.54, 1.807) is 0 Å². The minimum absolute atomic E-state index is 0.348. The van der Waals surface area contributed by atoms with Crippen molar-refractivity contribution in [2.75, 3.05) is 24.5 Å². The van der Waals surface area contributed by atoms with Crippen LogP contribution in [0.3, 0.4) is 0 Å². The molecule has 1 aromatic heterocycles. The summed E-state index contributed by atoms with van der Waals surface area (Å²) in [5, 5.41) is 12.9. The van der Waals surface area contributed by atoms with Crippen molar-refractivity contribution in [1.82, 2.24) is 10.3 Å². The van der Waals surface area contributed by atoms with E-state index in [0.717, 1.165) is 42.3 Å². The number of piperidine rings is 1. The van der Waals surface area contributed by atoms with E-state index < -0.39 is 0 Å². The molecule has 2 heterocycles. The predicted molar refractivity (Wildman–Crippen MR) is 86.5 cm³/mol. The van der Waals surface area contributed by atoms with Gasteiger partial charge < -0.3 is 10.2 Å². The number of anilines is 1. The Hall–Kier alpha value is -1.60. The molecule has 4 heteroatoms. The van der Waals surface area contributed by atoms with Crippen molar-refractivity contribution in [3.05, 3.63) is 22.9 Å². The lowest BCUT2D eigenvalue weighted by molar-refractivity contribution is 0.367. The van der Waals surface area contributed by atoms with Gasteiger partial charge in [0.2, 0.25) is 0 Å². The highest BCUT2D eigenvalue weighted by Crippen LogP contribution is 2.26.